The summed E-state index contributed by atoms with van der Waals surface area (Å²) in [5.74, 6) is 1.45. The number of hydrogen-bond acceptors (Lipinski definition) is 3. The van der Waals surface area contributed by atoms with E-state index in [-0.39, 0.29) is 6.09 Å². The van der Waals surface area contributed by atoms with Crippen molar-refractivity contribution in [2.24, 2.45) is 10.9 Å². The van der Waals surface area contributed by atoms with Crippen molar-refractivity contribution in [3.8, 4) is 0 Å². The highest BCUT2D eigenvalue weighted by atomic mass is 16.6. The van der Waals surface area contributed by atoms with Crippen molar-refractivity contribution < 1.29 is 9.53 Å². The molecule has 6 nitrogen and oxygen atoms in total. The first-order valence-electron chi connectivity index (χ1n) is 9.40. The third-order valence-corrected chi connectivity index (χ3v) is 4.41. The van der Waals surface area contributed by atoms with E-state index in [1.165, 1.54) is 12.8 Å². The molecule has 0 aromatic carbocycles. The van der Waals surface area contributed by atoms with Crippen molar-refractivity contribution >= 4 is 12.1 Å². The summed E-state index contributed by atoms with van der Waals surface area (Å²) in [6.07, 6.45) is 4.46. The van der Waals surface area contributed by atoms with Gasteiger partial charge in [-0.2, -0.15) is 0 Å². The molecular formula is C18H34N4O2. The Balaban J connectivity index is 1.89. The molecule has 2 aliphatic heterocycles. The van der Waals surface area contributed by atoms with Gasteiger partial charge in [0.1, 0.15) is 5.60 Å². The molecule has 2 fully saturated rings. The van der Waals surface area contributed by atoms with Gasteiger partial charge in [-0.25, -0.2) is 4.79 Å². The van der Waals surface area contributed by atoms with Crippen molar-refractivity contribution in [2.45, 2.75) is 59.0 Å². The quantitative estimate of drug-likeness (QED) is 0.635. The van der Waals surface area contributed by atoms with Crippen LogP contribution in [0.2, 0.25) is 0 Å². The average Bonchev–Trinajstić information content (AvgIpc) is 3.04. The van der Waals surface area contributed by atoms with Crippen LogP contribution in [-0.2, 0) is 4.74 Å². The van der Waals surface area contributed by atoms with Gasteiger partial charge < -0.3 is 19.9 Å². The molecule has 0 spiro atoms. The zero-order valence-corrected chi connectivity index (χ0v) is 15.8. The molecule has 0 radical (unpaired) electrons. The lowest BCUT2D eigenvalue weighted by atomic mass is 9.98. The SMILES string of the molecule is CCNC(=NCC1CCCN(C(=O)OC(C)(C)C)C1)N1CCCC1. The predicted octanol–water partition coefficient (Wildman–Crippen LogP) is 2.69. The maximum absolute atomic E-state index is 12.3. The van der Waals surface area contributed by atoms with E-state index in [0.29, 0.717) is 5.92 Å². The van der Waals surface area contributed by atoms with Crippen molar-refractivity contribution in [3.05, 3.63) is 0 Å². The summed E-state index contributed by atoms with van der Waals surface area (Å²) in [7, 11) is 0. The summed E-state index contributed by atoms with van der Waals surface area (Å²) < 4.78 is 5.50. The van der Waals surface area contributed by atoms with Gasteiger partial charge in [0.05, 0.1) is 0 Å². The second-order valence-electron chi connectivity index (χ2n) is 7.82. The lowest BCUT2D eigenvalue weighted by Gasteiger charge is -2.33. The fourth-order valence-corrected chi connectivity index (χ4v) is 3.28. The third kappa shape index (κ3) is 5.87. The zero-order valence-electron chi connectivity index (χ0n) is 15.8. The normalized spacial score (nSPS) is 22.7. The number of ether oxygens (including phenoxy) is 1. The fraction of sp³-hybridized carbons (Fsp3) is 0.889. The van der Waals surface area contributed by atoms with E-state index in [4.69, 9.17) is 9.73 Å². The van der Waals surface area contributed by atoms with Crippen molar-refractivity contribution in [1.29, 1.82) is 0 Å². The maximum atomic E-state index is 12.3. The number of piperidine rings is 1. The maximum Gasteiger partial charge on any atom is 0.410 e. The van der Waals surface area contributed by atoms with E-state index in [9.17, 15) is 4.79 Å². The van der Waals surface area contributed by atoms with E-state index < -0.39 is 5.60 Å². The average molecular weight is 338 g/mol. The molecule has 0 aromatic heterocycles. The Bertz CT molecular complexity index is 439. The van der Waals surface area contributed by atoms with E-state index in [1.54, 1.807) is 0 Å². The Morgan fingerprint density at radius 2 is 1.83 bits per heavy atom. The Labute approximate surface area is 146 Å². The minimum Gasteiger partial charge on any atom is -0.444 e. The number of carbonyl (C=O) groups is 1. The van der Waals surface area contributed by atoms with E-state index in [0.717, 1.165) is 58.1 Å². The van der Waals surface area contributed by atoms with Crippen LogP contribution in [0.15, 0.2) is 4.99 Å². The van der Waals surface area contributed by atoms with E-state index >= 15 is 0 Å². The summed E-state index contributed by atoms with van der Waals surface area (Å²) in [4.78, 5) is 21.3. The molecule has 0 saturated carbocycles. The minimum atomic E-state index is -0.434. The van der Waals surface area contributed by atoms with Gasteiger partial charge in [-0.1, -0.05) is 0 Å². The molecule has 0 aliphatic carbocycles. The molecule has 1 amide bonds. The second-order valence-corrected chi connectivity index (χ2v) is 7.82. The van der Waals surface area contributed by atoms with Crippen LogP contribution in [0.25, 0.3) is 0 Å². The van der Waals surface area contributed by atoms with Crippen LogP contribution in [0.3, 0.4) is 0 Å². The van der Waals surface area contributed by atoms with Crippen LogP contribution < -0.4 is 5.32 Å². The summed E-state index contributed by atoms with van der Waals surface area (Å²) in [6, 6.07) is 0. The molecule has 2 heterocycles. The molecule has 24 heavy (non-hydrogen) atoms. The second kappa shape index (κ2) is 8.58. The van der Waals surface area contributed by atoms with Gasteiger partial charge in [0, 0.05) is 39.3 Å². The molecule has 0 bridgehead atoms. The number of guanidine groups is 1. The first-order valence-corrected chi connectivity index (χ1v) is 9.40. The number of hydrogen-bond donors (Lipinski definition) is 1. The number of aliphatic imine (C=N–C) groups is 1. The lowest BCUT2D eigenvalue weighted by Crippen LogP contribution is -2.44. The van der Waals surface area contributed by atoms with Crippen LogP contribution >= 0.6 is 0 Å². The van der Waals surface area contributed by atoms with Crippen molar-refractivity contribution in [2.75, 3.05) is 39.3 Å². The summed E-state index contributed by atoms with van der Waals surface area (Å²) in [5.41, 5.74) is -0.434. The topological polar surface area (TPSA) is 57.2 Å². The van der Waals surface area contributed by atoms with Gasteiger partial charge in [-0.15, -0.1) is 0 Å². The molecule has 1 atom stereocenters. The van der Waals surface area contributed by atoms with Crippen LogP contribution in [-0.4, -0.2) is 66.7 Å². The van der Waals surface area contributed by atoms with Gasteiger partial charge in [0.25, 0.3) is 0 Å². The Kier molecular flexibility index (Phi) is 6.75. The highest BCUT2D eigenvalue weighted by molar-refractivity contribution is 5.80. The first-order chi connectivity index (χ1) is 11.4. The van der Waals surface area contributed by atoms with E-state index in [2.05, 4.69) is 17.1 Å². The van der Waals surface area contributed by atoms with Gasteiger partial charge in [0.15, 0.2) is 5.96 Å². The van der Waals surface area contributed by atoms with E-state index in [1.807, 2.05) is 25.7 Å². The monoisotopic (exact) mass is 338 g/mol. The summed E-state index contributed by atoms with van der Waals surface area (Å²) in [5, 5.41) is 3.40. The van der Waals surface area contributed by atoms with Crippen LogP contribution in [0, 0.1) is 5.92 Å². The highest BCUT2D eigenvalue weighted by Gasteiger charge is 2.27. The minimum absolute atomic E-state index is 0.192. The number of nitrogens with one attached hydrogen (secondary N) is 1. The van der Waals surface area contributed by atoms with Crippen molar-refractivity contribution in [1.82, 2.24) is 15.1 Å². The molecule has 138 valence electrons. The van der Waals surface area contributed by atoms with Gasteiger partial charge >= 0.3 is 6.09 Å². The molecule has 0 aromatic rings. The summed E-state index contributed by atoms with van der Waals surface area (Å²) >= 11 is 0. The Hall–Kier alpha value is -1.46. The standard InChI is InChI=1S/C18H34N4O2/c1-5-19-16(21-10-6-7-11-21)20-13-15-9-8-12-22(14-15)17(23)24-18(2,3)4/h15H,5-14H2,1-4H3,(H,19,20). The van der Waals surface area contributed by atoms with Crippen LogP contribution in [0.4, 0.5) is 4.79 Å². The van der Waals surface area contributed by atoms with Gasteiger partial charge in [-0.05, 0) is 59.3 Å². The molecular weight excluding hydrogens is 304 g/mol. The number of likely N-dealkylation sites (tertiary alicyclic amines) is 2. The Morgan fingerprint density at radius 1 is 1.17 bits per heavy atom. The number of rotatable bonds is 3. The number of nitrogens with zero attached hydrogens (tertiary/aromatic N) is 3. The third-order valence-electron chi connectivity index (χ3n) is 4.41. The molecule has 2 aliphatic rings. The number of carbonyl (C=O) groups excluding carboxylic acids is 1. The van der Waals surface area contributed by atoms with Crippen molar-refractivity contribution in [3.63, 3.8) is 0 Å². The highest BCUT2D eigenvalue weighted by Crippen LogP contribution is 2.20. The predicted molar refractivity (Wildman–Crippen MR) is 97.3 cm³/mol. The lowest BCUT2D eigenvalue weighted by molar-refractivity contribution is 0.0170. The van der Waals surface area contributed by atoms with Gasteiger partial charge in [-0.3, -0.25) is 4.99 Å². The molecule has 2 rings (SSSR count). The fourth-order valence-electron chi connectivity index (χ4n) is 3.28. The molecule has 2 saturated heterocycles. The molecule has 1 unspecified atom stereocenters. The molecule has 6 heteroatoms. The van der Waals surface area contributed by atoms with Gasteiger partial charge in [0.2, 0.25) is 0 Å². The Morgan fingerprint density at radius 3 is 2.46 bits per heavy atom. The number of amides is 1. The van der Waals surface area contributed by atoms with Crippen LogP contribution in [0.1, 0.15) is 53.4 Å². The smallest absolute Gasteiger partial charge is 0.410 e. The largest absolute Gasteiger partial charge is 0.444 e. The first kappa shape index (κ1) is 18.9. The summed E-state index contributed by atoms with van der Waals surface area (Å²) in [6.45, 7) is 13.2. The molecule has 1 N–H and O–H groups in total. The zero-order chi connectivity index (χ0) is 17.6. The van der Waals surface area contributed by atoms with Crippen LogP contribution in [0.5, 0.6) is 0 Å².